The molecule has 2 aliphatic rings. The third-order valence-corrected chi connectivity index (χ3v) is 5.78. The third kappa shape index (κ3) is 4.84. The Bertz CT molecular complexity index is 1070. The Morgan fingerprint density at radius 3 is 2.66 bits per heavy atom. The highest BCUT2D eigenvalue weighted by atomic mass is 35.5. The van der Waals surface area contributed by atoms with Crippen molar-refractivity contribution in [3.63, 3.8) is 0 Å². The van der Waals surface area contributed by atoms with Crippen molar-refractivity contribution in [2.24, 2.45) is 5.10 Å². The molecule has 0 spiro atoms. The first-order chi connectivity index (χ1) is 15.6. The number of para-hydroxylation sites is 1. The average Bonchev–Trinajstić information content (AvgIpc) is 2.96. The van der Waals surface area contributed by atoms with Crippen LogP contribution in [0.1, 0.15) is 18.4 Å². The summed E-state index contributed by atoms with van der Waals surface area (Å²) in [4.78, 5) is 27.9. The van der Waals surface area contributed by atoms with Crippen molar-refractivity contribution >= 4 is 34.9 Å². The number of hydrogen-bond acceptors (Lipinski definition) is 6. The van der Waals surface area contributed by atoms with E-state index in [1.165, 1.54) is 17.7 Å². The monoisotopic (exact) mass is 452 g/mol. The number of hydrazone groups is 1. The molecule has 0 radical (unpaired) electrons. The van der Waals surface area contributed by atoms with Gasteiger partial charge in [-0.2, -0.15) is 10.1 Å². The fourth-order valence-electron chi connectivity index (χ4n) is 3.91. The van der Waals surface area contributed by atoms with Gasteiger partial charge in [-0.15, -0.1) is 0 Å². The molecule has 2 heterocycles. The molecule has 7 nitrogen and oxygen atoms in total. The van der Waals surface area contributed by atoms with Crippen molar-refractivity contribution in [1.29, 1.82) is 0 Å². The lowest BCUT2D eigenvalue weighted by molar-refractivity contribution is -0.139. The Morgan fingerprint density at radius 1 is 1.16 bits per heavy atom. The summed E-state index contributed by atoms with van der Waals surface area (Å²) in [5, 5.41) is 9.57. The average molecular weight is 453 g/mol. The van der Waals surface area contributed by atoms with Crippen LogP contribution in [0.3, 0.4) is 0 Å². The molecule has 1 saturated heterocycles. The summed E-state index contributed by atoms with van der Waals surface area (Å²) < 4.78 is 4.84. The van der Waals surface area contributed by atoms with Crippen LogP contribution in [0.15, 0.2) is 71.0 Å². The maximum atomic E-state index is 13.5. The van der Waals surface area contributed by atoms with Gasteiger partial charge < -0.3 is 10.1 Å². The van der Waals surface area contributed by atoms with Gasteiger partial charge in [0.1, 0.15) is 0 Å². The van der Waals surface area contributed by atoms with Crippen molar-refractivity contribution in [3.05, 3.63) is 76.5 Å². The molecule has 1 amide bonds. The van der Waals surface area contributed by atoms with Gasteiger partial charge in [0.05, 0.1) is 35.5 Å². The lowest BCUT2D eigenvalue weighted by atomic mass is 10.0. The molecule has 2 aromatic carbocycles. The van der Waals surface area contributed by atoms with E-state index in [0.29, 0.717) is 28.5 Å². The quantitative estimate of drug-likeness (QED) is 0.556. The number of carbonyl (C=O) groups is 2. The Hall–Kier alpha value is -3.16. The fourth-order valence-corrected chi connectivity index (χ4v) is 4.13. The van der Waals surface area contributed by atoms with E-state index in [0.717, 1.165) is 31.8 Å². The summed E-state index contributed by atoms with van der Waals surface area (Å²) in [7, 11) is 1.32. The summed E-state index contributed by atoms with van der Waals surface area (Å²) >= 11 is 6.33. The van der Waals surface area contributed by atoms with Gasteiger partial charge >= 0.3 is 5.97 Å². The smallest absolute Gasteiger partial charge is 0.311 e. The Balaban J connectivity index is 1.69. The number of ether oxygens (including phenoxy) is 1. The minimum atomic E-state index is -0.453. The molecule has 2 aliphatic heterocycles. The third-order valence-electron chi connectivity index (χ3n) is 5.46. The van der Waals surface area contributed by atoms with Crippen molar-refractivity contribution in [2.45, 2.75) is 19.4 Å². The zero-order chi connectivity index (χ0) is 22.5. The van der Waals surface area contributed by atoms with Gasteiger partial charge in [0.15, 0.2) is 0 Å². The molecule has 2 aromatic rings. The molecular formula is C24H25ClN4O3. The van der Waals surface area contributed by atoms with E-state index in [2.05, 4.69) is 27.5 Å². The Labute approximate surface area is 192 Å². The maximum absolute atomic E-state index is 13.5. The number of hydrogen-bond donors (Lipinski definition) is 1. The molecule has 0 saturated carbocycles. The topological polar surface area (TPSA) is 74.2 Å². The summed E-state index contributed by atoms with van der Waals surface area (Å²) in [6.07, 6.45) is 0.845. The molecule has 0 aliphatic carbocycles. The summed E-state index contributed by atoms with van der Waals surface area (Å²) in [5.74, 6) is -0.758. The van der Waals surface area contributed by atoms with E-state index < -0.39 is 5.97 Å². The van der Waals surface area contributed by atoms with Crippen LogP contribution in [0.4, 0.5) is 5.69 Å². The van der Waals surface area contributed by atoms with Gasteiger partial charge in [-0.1, -0.05) is 54.1 Å². The minimum Gasteiger partial charge on any atom is -0.469 e. The van der Waals surface area contributed by atoms with Crippen LogP contribution >= 0.6 is 11.6 Å². The fraction of sp³-hybridized carbons (Fsp3) is 0.292. The number of halogens is 1. The molecule has 1 fully saturated rings. The first-order valence-electron chi connectivity index (χ1n) is 10.5. The van der Waals surface area contributed by atoms with Crippen molar-refractivity contribution in [3.8, 4) is 0 Å². The largest absolute Gasteiger partial charge is 0.469 e. The number of carbonyl (C=O) groups excluding carboxylic acids is 2. The molecule has 32 heavy (non-hydrogen) atoms. The van der Waals surface area contributed by atoms with Gasteiger partial charge in [0, 0.05) is 31.9 Å². The van der Waals surface area contributed by atoms with Gasteiger partial charge in [-0.25, -0.2) is 0 Å². The number of esters is 1. The predicted octanol–water partition coefficient (Wildman–Crippen LogP) is 3.36. The predicted molar refractivity (Wildman–Crippen MR) is 124 cm³/mol. The molecular weight excluding hydrogens is 428 g/mol. The Morgan fingerprint density at radius 2 is 1.91 bits per heavy atom. The maximum Gasteiger partial charge on any atom is 0.311 e. The summed E-state index contributed by atoms with van der Waals surface area (Å²) in [6, 6.07) is 17.2. The first-order valence-corrected chi connectivity index (χ1v) is 10.9. The second-order valence-electron chi connectivity index (χ2n) is 7.70. The van der Waals surface area contributed by atoms with Crippen LogP contribution in [0, 0.1) is 0 Å². The van der Waals surface area contributed by atoms with E-state index in [9.17, 15) is 9.59 Å². The number of rotatable bonds is 5. The second-order valence-corrected chi connectivity index (χ2v) is 8.11. The summed E-state index contributed by atoms with van der Waals surface area (Å²) in [6.45, 7) is 2.94. The molecule has 1 N–H and O–H groups in total. The highest BCUT2D eigenvalue weighted by molar-refractivity contribution is 6.37. The minimum absolute atomic E-state index is 0.0948. The van der Waals surface area contributed by atoms with Crippen LogP contribution in [0.25, 0.3) is 0 Å². The van der Waals surface area contributed by atoms with E-state index in [1.807, 2.05) is 18.2 Å². The molecule has 0 bridgehead atoms. The van der Waals surface area contributed by atoms with Crippen molar-refractivity contribution in [2.75, 3.05) is 31.8 Å². The zero-order valence-electron chi connectivity index (χ0n) is 17.9. The van der Waals surface area contributed by atoms with Crippen LogP contribution in [0.5, 0.6) is 0 Å². The SMILES string of the molecule is COC(=O)CC1=NN(c2ccccc2Cl)C(=O)/C1=C1/CN(Cc2ccccc2)CCCN1. The number of methoxy groups -OCH3 is 1. The zero-order valence-corrected chi connectivity index (χ0v) is 18.6. The number of benzene rings is 2. The van der Waals surface area contributed by atoms with Gasteiger partial charge in [0.2, 0.25) is 0 Å². The van der Waals surface area contributed by atoms with Crippen molar-refractivity contribution in [1.82, 2.24) is 10.2 Å². The highest BCUT2D eigenvalue weighted by Gasteiger charge is 2.36. The molecule has 4 rings (SSSR count). The van der Waals surface area contributed by atoms with Gasteiger partial charge in [-0.3, -0.25) is 14.5 Å². The lowest BCUT2D eigenvalue weighted by Crippen LogP contribution is -2.31. The second kappa shape index (κ2) is 9.97. The number of amides is 1. The highest BCUT2D eigenvalue weighted by Crippen LogP contribution is 2.32. The number of anilines is 1. The van der Waals surface area contributed by atoms with Crippen LogP contribution in [-0.4, -0.2) is 49.2 Å². The number of nitrogens with zero attached hydrogens (tertiary/aromatic N) is 3. The molecule has 0 atom stereocenters. The molecule has 8 heteroatoms. The van der Waals surface area contributed by atoms with E-state index in [4.69, 9.17) is 16.3 Å². The van der Waals surface area contributed by atoms with Crippen LogP contribution in [-0.2, 0) is 20.9 Å². The van der Waals surface area contributed by atoms with E-state index in [-0.39, 0.29) is 12.3 Å². The summed E-state index contributed by atoms with van der Waals surface area (Å²) in [5.41, 5.74) is 3.24. The van der Waals surface area contributed by atoms with Crippen LogP contribution < -0.4 is 10.3 Å². The molecule has 0 aromatic heterocycles. The molecule has 0 unspecified atom stereocenters. The standard InChI is InChI=1S/C24H25ClN4O3/c1-32-22(30)14-19-23(24(31)29(27-19)21-11-6-5-10-18(21)25)20-16-28(13-7-12-26-20)15-17-8-3-2-4-9-17/h2-6,8-11,26H,7,12-16H2,1H3/b23-20-. The number of nitrogens with one attached hydrogen (secondary N) is 1. The van der Waals surface area contributed by atoms with E-state index >= 15 is 0 Å². The van der Waals surface area contributed by atoms with Crippen molar-refractivity contribution < 1.29 is 14.3 Å². The van der Waals surface area contributed by atoms with Gasteiger partial charge in [0.25, 0.3) is 5.91 Å². The van der Waals surface area contributed by atoms with Crippen LogP contribution in [0.2, 0.25) is 5.02 Å². The Kier molecular flexibility index (Phi) is 6.87. The van der Waals surface area contributed by atoms with E-state index in [1.54, 1.807) is 24.3 Å². The van der Waals surface area contributed by atoms with Gasteiger partial charge in [-0.05, 0) is 24.1 Å². The first kappa shape index (κ1) is 22.0. The lowest BCUT2D eigenvalue weighted by Gasteiger charge is -2.21. The normalized spacial score (nSPS) is 19.4. The molecule has 166 valence electrons.